The molecule has 2 fully saturated rings. The lowest BCUT2D eigenvalue weighted by Gasteiger charge is -2.29. The Kier molecular flexibility index (Phi) is 6.94. The van der Waals surface area contributed by atoms with E-state index in [0.29, 0.717) is 42.8 Å². The van der Waals surface area contributed by atoms with Crippen molar-refractivity contribution in [2.45, 2.75) is 69.6 Å². The van der Waals surface area contributed by atoms with Gasteiger partial charge in [-0.1, -0.05) is 24.4 Å². The van der Waals surface area contributed by atoms with E-state index < -0.39 is 17.7 Å². The molecule has 2 aliphatic rings. The van der Waals surface area contributed by atoms with Crippen LogP contribution in [0.5, 0.6) is 0 Å². The zero-order chi connectivity index (χ0) is 25.4. The van der Waals surface area contributed by atoms with Crippen LogP contribution in [0, 0.1) is 17.6 Å². The van der Waals surface area contributed by atoms with Crippen molar-refractivity contribution in [1.29, 1.82) is 0 Å². The summed E-state index contributed by atoms with van der Waals surface area (Å²) in [5, 5.41) is 16.4. The van der Waals surface area contributed by atoms with Crippen molar-refractivity contribution < 1.29 is 18.7 Å². The molecule has 1 aromatic carbocycles. The zero-order valence-electron chi connectivity index (χ0n) is 19.6. The first-order valence-electron chi connectivity index (χ1n) is 12.2. The number of imidazole rings is 1. The molecule has 2 heterocycles. The Morgan fingerprint density at radius 1 is 1.11 bits per heavy atom. The number of carbonyl (C=O) groups is 1. The Morgan fingerprint density at radius 2 is 1.86 bits per heavy atom. The summed E-state index contributed by atoms with van der Waals surface area (Å²) in [6, 6.07) is 1.52. The van der Waals surface area contributed by atoms with Crippen LogP contribution in [0.15, 0.2) is 18.3 Å². The number of rotatable bonds is 6. The number of hydrogen-bond acceptors (Lipinski definition) is 7. The van der Waals surface area contributed by atoms with Gasteiger partial charge in [0.1, 0.15) is 11.3 Å². The van der Waals surface area contributed by atoms with Gasteiger partial charge in [-0.2, -0.15) is 4.98 Å². The highest BCUT2D eigenvalue weighted by Crippen LogP contribution is 2.38. The van der Waals surface area contributed by atoms with Crippen LogP contribution in [-0.2, 0) is 4.79 Å². The largest absolute Gasteiger partial charge is 0.391 e. The zero-order valence-corrected chi connectivity index (χ0v) is 20.3. The Balaban J connectivity index is 1.53. The van der Waals surface area contributed by atoms with E-state index in [1.54, 1.807) is 6.20 Å². The number of amides is 1. The minimum Gasteiger partial charge on any atom is -0.391 e. The second kappa shape index (κ2) is 10.1. The maximum atomic E-state index is 14.6. The molecule has 2 saturated carbocycles. The number of benzene rings is 1. The summed E-state index contributed by atoms with van der Waals surface area (Å²) in [5.74, 6) is -1.51. The Hall–Kier alpha value is -3.05. The van der Waals surface area contributed by atoms with Gasteiger partial charge in [0.05, 0.1) is 29.1 Å². The van der Waals surface area contributed by atoms with Crippen LogP contribution in [0.4, 0.5) is 26.4 Å². The Morgan fingerprint density at radius 3 is 2.56 bits per heavy atom. The maximum absolute atomic E-state index is 14.6. The fourth-order valence-electron chi connectivity index (χ4n) is 5.23. The second-order valence-electron chi connectivity index (χ2n) is 9.59. The average molecular weight is 520 g/mol. The van der Waals surface area contributed by atoms with Gasteiger partial charge in [-0.05, 0) is 44.6 Å². The molecule has 0 aliphatic heterocycles. The number of halogens is 3. The number of anilines is 3. The smallest absolute Gasteiger partial charge is 0.225 e. The number of hydrogen-bond donors (Lipinski definition) is 4. The summed E-state index contributed by atoms with van der Waals surface area (Å²) in [7, 11) is 0. The highest BCUT2D eigenvalue weighted by molar-refractivity contribution is 6.33. The molecule has 9 nitrogen and oxygen atoms in total. The van der Waals surface area contributed by atoms with Gasteiger partial charge >= 0.3 is 0 Å². The maximum Gasteiger partial charge on any atom is 0.225 e. The molecule has 0 saturated heterocycles. The molecule has 5 N–H and O–H groups in total. The van der Waals surface area contributed by atoms with E-state index in [1.807, 2.05) is 4.57 Å². The number of fused-ring (bicyclic) bond motifs is 1. The highest BCUT2D eigenvalue weighted by Gasteiger charge is 2.30. The van der Waals surface area contributed by atoms with E-state index in [4.69, 9.17) is 22.3 Å². The van der Waals surface area contributed by atoms with E-state index in [2.05, 4.69) is 20.6 Å². The number of nitrogens with zero attached hydrogens (tertiary/aromatic N) is 4. The van der Waals surface area contributed by atoms with Gasteiger partial charge in [-0.25, -0.2) is 18.7 Å². The Labute approximate surface area is 211 Å². The third-order valence-corrected chi connectivity index (χ3v) is 7.48. The van der Waals surface area contributed by atoms with Gasteiger partial charge in [-0.15, -0.1) is 0 Å². The predicted molar refractivity (Wildman–Crippen MR) is 132 cm³/mol. The minimum atomic E-state index is -0.851. The molecule has 0 unspecified atom stereocenters. The van der Waals surface area contributed by atoms with Crippen molar-refractivity contribution in [3.63, 3.8) is 0 Å². The molecule has 5 rings (SSSR count). The van der Waals surface area contributed by atoms with E-state index in [0.717, 1.165) is 37.8 Å². The number of nitrogens with one attached hydrogen (secondary N) is 2. The van der Waals surface area contributed by atoms with Gasteiger partial charge in [-0.3, -0.25) is 9.36 Å². The molecule has 0 bridgehead atoms. The van der Waals surface area contributed by atoms with Gasteiger partial charge in [0.25, 0.3) is 0 Å². The first-order chi connectivity index (χ1) is 17.3. The number of nitrogens with two attached hydrogens (primary N) is 1. The van der Waals surface area contributed by atoms with E-state index in [-0.39, 0.29) is 40.6 Å². The normalized spacial score (nSPS) is 24.6. The molecule has 2 aliphatic carbocycles. The number of primary amides is 1. The Bertz CT molecular complexity index is 1260. The first kappa shape index (κ1) is 24.6. The van der Waals surface area contributed by atoms with Crippen LogP contribution < -0.4 is 16.4 Å². The van der Waals surface area contributed by atoms with Crippen molar-refractivity contribution in [3.8, 4) is 0 Å². The van der Waals surface area contributed by atoms with Gasteiger partial charge in [0.15, 0.2) is 11.5 Å². The van der Waals surface area contributed by atoms with Crippen molar-refractivity contribution in [2.24, 2.45) is 11.7 Å². The minimum absolute atomic E-state index is 0.0987. The molecule has 0 radical (unpaired) electrons. The molecule has 2 atom stereocenters. The molecular formula is C24H28ClF2N7O2. The molecule has 192 valence electrons. The van der Waals surface area contributed by atoms with Gasteiger partial charge in [0.2, 0.25) is 17.8 Å². The first-order valence-corrected chi connectivity index (χ1v) is 12.6. The van der Waals surface area contributed by atoms with Crippen molar-refractivity contribution >= 4 is 46.3 Å². The third kappa shape index (κ3) is 4.94. The molecule has 2 aromatic heterocycles. The van der Waals surface area contributed by atoms with Crippen LogP contribution in [-0.4, -0.2) is 42.7 Å². The van der Waals surface area contributed by atoms with Crippen LogP contribution in [0.25, 0.3) is 11.2 Å². The molecule has 3 aromatic rings. The van der Waals surface area contributed by atoms with Crippen molar-refractivity contribution in [2.75, 3.05) is 10.6 Å². The summed E-state index contributed by atoms with van der Waals surface area (Å²) in [6.07, 6.45) is 7.11. The SMILES string of the molecule is NC(=O)[C@H]1CC[C@@H](n2c(Nc3c(F)cc(F)cc3Cl)nc3cnc(N[C@@H]4CCCC[C@H]4O)nc32)CC1. The fourth-order valence-corrected chi connectivity index (χ4v) is 5.47. The van der Waals surface area contributed by atoms with E-state index in [9.17, 15) is 18.7 Å². The summed E-state index contributed by atoms with van der Waals surface area (Å²) >= 11 is 6.13. The highest BCUT2D eigenvalue weighted by atomic mass is 35.5. The number of aliphatic hydroxyl groups is 1. The lowest BCUT2D eigenvalue weighted by atomic mass is 9.85. The number of aliphatic hydroxyl groups excluding tert-OH is 1. The quantitative estimate of drug-likeness (QED) is 0.379. The van der Waals surface area contributed by atoms with Gasteiger partial charge < -0.3 is 21.5 Å². The van der Waals surface area contributed by atoms with Crippen LogP contribution in [0.2, 0.25) is 5.02 Å². The third-order valence-electron chi connectivity index (χ3n) is 7.18. The number of aromatic nitrogens is 4. The van der Waals surface area contributed by atoms with Gasteiger partial charge in [0, 0.05) is 18.0 Å². The second-order valence-corrected chi connectivity index (χ2v) is 9.99. The molecule has 12 heteroatoms. The monoisotopic (exact) mass is 519 g/mol. The van der Waals surface area contributed by atoms with Crippen LogP contribution in [0.1, 0.15) is 57.4 Å². The van der Waals surface area contributed by atoms with Crippen molar-refractivity contribution in [1.82, 2.24) is 19.5 Å². The molecule has 1 amide bonds. The molecule has 36 heavy (non-hydrogen) atoms. The lowest BCUT2D eigenvalue weighted by molar-refractivity contribution is -0.122. The molecular weight excluding hydrogens is 492 g/mol. The fraction of sp³-hybridized carbons (Fsp3) is 0.500. The van der Waals surface area contributed by atoms with Crippen LogP contribution >= 0.6 is 11.6 Å². The summed E-state index contributed by atoms with van der Waals surface area (Å²) in [4.78, 5) is 25.3. The standard InChI is InChI=1S/C24H28ClF2N7O2/c25-15-9-13(26)10-16(27)20(15)32-24-31-18-11-29-23(30-17-3-1-2-4-19(17)35)33-22(18)34(24)14-7-5-12(6-8-14)21(28)36/h9-12,14,17,19,35H,1-8H2,(H2,28,36)(H,31,32)(H,29,30,33)/t12-,14+,17-,19-/m1/s1. The lowest BCUT2D eigenvalue weighted by Crippen LogP contribution is -2.36. The summed E-state index contributed by atoms with van der Waals surface area (Å²) < 4.78 is 30.0. The summed E-state index contributed by atoms with van der Waals surface area (Å²) in [6.45, 7) is 0. The summed E-state index contributed by atoms with van der Waals surface area (Å²) in [5.41, 5.74) is 6.40. The average Bonchev–Trinajstić information content (AvgIpc) is 3.20. The van der Waals surface area contributed by atoms with Crippen LogP contribution in [0.3, 0.4) is 0 Å². The predicted octanol–water partition coefficient (Wildman–Crippen LogP) is 4.43. The molecule has 0 spiro atoms. The van der Waals surface area contributed by atoms with E-state index >= 15 is 0 Å². The van der Waals surface area contributed by atoms with Crippen molar-refractivity contribution in [3.05, 3.63) is 35.0 Å². The number of carbonyl (C=O) groups excluding carboxylic acids is 1. The van der Waals surface area contributed by atoms with E-state index in [1.165, 1.54) is 0 Å². The topological polar surface area (TPSA) is 131 Å².